The van der Waals surface area contributed by atoms with Gasteiger partial charge in [0.2, 0.25) is 5.91 Å². The summed E-state index contributed by atoms with van der Waals surface area (Å²) >= 11 is 0. The highest BCUT2D eigenvalue weighted by atomic mass is 16.4. The first kappa shape index (κ1) is 17.0. The Hall–Kier alpha value is -1.10. The second-order valence-corrected chi connectivity index (χ2v) is 5.81. The highest BCUT2D eigenvalue weighted by Crippen LogP contribution is 2.25. The van der Waals surface area contributed by atoms with Gasteiger partial charge in [-0.25, -0.2) is 0 Å². The fraction of sp³-hybridized carbons (Fsp3) is 0.867. The SMILES string of the molecule is CCCCCNC(=O)C(C)N1CCCC(C)C1C(=O)O. The van der Waals surface area contributed by atoms with Crippen LogP contribution in [0.3, 0.4) is 0 Å². The molecule has 1 aliphatic rings. The van der Waals surface area contributed by atoms with Crippen molar-refractivity contribution in [3.8, 4) is 0 Å². The van der Waals surface area contributed by atoms with Crippen LogP contribution < -0.4 is 5.32 Å². The minimum atomic E-state index is -0.817. The van der Waals surface area contributed by atoms with Gasteiger partial charge in [0, 0.05) is 6.54 Å². The molecule has 1 fully saturated rings. The molecule has 1 aliphatic heterocycles. The zero-order valence-corrected chi connectivity index (χ0v) is 12.9. The quantitative estimate of drug-likeness (QED) is 0.700. The monoisotopic (exact) mass is 284 g/mol. The molecule has 2 N–H and O–H groups in total. The Balaban J connectivity index is 2.56. The zero-order valence-electron chi connectivity index (χ0n) is 12.9. The Morgan fingerprint density at radius 3 is 2.70 bits per heavy atom. The van der Waals surface area contributed by atoms with Crippen LogP contribution in [0.1, 0.15) is 52.9 Å². The largest absolute Gasteiger partial charge is 0.480 e. The average Bonchev–Trinajstić information content (AvgIpc) is 2.41. The van der Waals surface area contributed by atoms with Crippen molar-refractivity contribution in [2.75, 3.05) is 13.1 Å². The molecule has 0 aromatic heterocycles. The molecule has 1 rings (SSSR count). The van der Waals surface area contributed by atoms with Gasteiger partial charge >= 0.3 is 5.97 Å². The first-order valence-corrected chi connectivity index (χ1v) is 7.75. The minimum Gasteiger partial charge on any atom is -0.480 e. The summed E-state index contributed by atoms with van der Waals surface area (Å²) in [7, 11) is 0. The molecular weight excluding hydrogens is 256 g/mol. The van der Waals surface area contributed by atoms with E-state index in [-0.39, 0.29) is 17.9 Å². The van der Waals surface area contributed by atoms with Gasteiger partial charge < -0.3 is 10.4 Å². The summed E-state index contributed by atoms with van der Waals surface area (Å²) in [5, 5.41) is 12.3. The fourth-order valence-corrected chi connectivity index (χ4v) is 2.92. The van der Waals surface area contributed by atoms with E-state index in [9.17, 15) is 14.7 Å². The highest BCUT2D eigenvalue weighted by molar-refractivity contribution is 5.82. The maximum absolute atomic E-state index is 12.1. The molecule has 1 saturated heterocycles. The van der Waals surface area contributed by atoms with Crippen LogP contribution in [0.4, 0.5) is 0 Å². The molecule has 0 saturated carbocycles. The summed E-state index contributed by atoms with van der Waals surface area (Å²) in [6.45, 7) is 7.25. The molecule has 3 unspecified atom stereocenters. The summed E-state index contributed by atoms with van der Waals surface area (Å²) in [6.07, 6.45) is 5.08. The first-order chi connectivity index (χ1) is 9.49. The number of hydrogen-bond acceptors (Lipinski definition) is 3. The van der Waals surface area contributed by atoms with Crippen molar-refractivity contribution >= 4 is 11.9 Å². The van der Waals surface area contributed by atoms with E-state index in [2.05, 4.69) is 12.2 Å². The van der Waals surface area contributed by atoms with Crippen molar-refractivity contribution in [3.63, 3.8) is 0 Å². The molecule has 20 heavy (non-hydrogen) atoms. The van der Waals surface area contributed by atoms with Gasteiger partial charge in [-0.2, -0.15) is 0 Å². The van der Waals surface area contributed by atoms with Crippen molar-refractivity contribution in [3.05, 3.63) is 0 Å². The topological polar surface area (TPSA) is 69.6 Å². The number of rotatable bonds is 7. The van der Waals surface area contributed by atoms with Gasteiger partial charge in [-0.05, 0) is 38.6 Å². The van der Waals surface area contributed by atoms with Gasteiger partial charge in [-0.15, -0.1) is 0 Å². The van der Waals surface area contributed by atoms with Crippen LogP contribution in [-0.2, 0) is 9.59 Å². The van der Waals surface area contributed by atoms with Crippen molar-refractivity contribution in [2.45, 2.75) is 65.0 Å². The summed E-state index contributed by atoms with van der Waals surface area (Å²) in [5.74, 6) is -0.777. The standard InChI is InChI=1S/C15H28N2O3/c1-4-5-6-9-16-14(18)12(3)17-10-7-8-11(2)13(17)15(19)20/h11-13H,4-10H2,1-3H3,(H,16,18)(H,19,20). The Kier molecular flexibility index (Phi) is 6.99. The Labute approximate surface area is 121 Å². The van der Waals surface area contributed by atoms with Crippen molar-refractivity contribution in [1.29, 1.82) is 0 Å². The number of likely N-dealkylation sites (tertiary alicyclic amines) is 1. The van der Waals surface area contributed by atoms with Crippen LogP contribution >= 0.6 is 0 Å². The predicted octanol–water partition coefficient (Wildman–Crippen LogP) is 1.87. The molecule has 0 radical (unpaired) electrons. The van der Waals surface area contributed by atoms with Crippen LogP contribution in [0.15, 0.2) is 0 Å². The lowest BCUT2D eigenvalue weighted by Gasteiger charge is -2.40. The molecule has 116 valence electrons. The third-order valence-corrected chi connectivity index (χ3v) is 4.18. The van der Waals surface area contributed by atoms with Gasteiger partial charge in [0.15, 0.2) is 0 Å². The number of nitrogens with zero attached hydrogens (tertiary/aromatic N) is 1. The summed E-state index contributed by atoms with van der Waals surface area (Å²) in [5.41, 5.74) is 0. The number of carboxylic acid groups (broad SMARTS) is 1. The second-order valence-electron chi connectivity index (χ2n) is 5.81. The summed E-state index contributed by atoms with van der Waals surface area (Å²) < 4.78 is 0. The van der Waals surface area contributed by atoms with E-state index in [4.69, 9.17) is 0 Å². The molecule has 1 amide bonds. The van der Waals surface area contributed by atoms with Crippen LogP contribution in [-0.4, -0.2) is 47.1 Å². The lowest BCUT2D eigenvalue weighted by molar-refractivity contribution is -0.149. The molecule has 5 nitrogen and oxygen atoms in total. The van der Waals surface area contributed by atoms with Crippen LogP contribution in [0.2, 0.25) is 0 Å². The third kappa shape index (κ3) is 4.47. The number of carboxylic acids is 1. The van der Waals surface area contributed by atoms with E-state index in [0.29, 0.717) is 13.1 Å². The van der Waals surface area contributed by atoms with Gasteiger partial charge in [0.25, 0.3) is 0 Å². The van der Waals surface area contributed by atoms with Crippen LogP contribution in [0, 0.1) is 5.92 Å². The predicted molar refractivity (Wildman–Crippen MR) is 78.5 cm³/mol. The molecule has 1 heterocycles. The number of carbonyl (C=O) groups excluding carboxylic acids is 1. The van der Waals surface area contributed by atoms with E-state index < -0.39 is 12.0 Å². The maximum atomic E-state index is 12.1. The summed E-state index contributed by atoms with van der Waals surface area (Å²) in [6, 6.07) is -0.916. The van der Waals surface area contributed by atoms with E-state index in [1.807, 2.05) is 18.7 Å². The molecule has 5 heteroatoms. The molecule has 0 aromatic rings. The Morgan fingerprint density at radius 2 is 2.10 bits per heavy atom. The molecule has 0 aromatic carbocycles. The van der Waals surface area contributed by atoms with E-state index in [1.54, 1.807) is 0 Å². The number of hydrogen-bond donors (Lipinski definition) is 2. The number of unbranched alkanes of at least 4 members (excludes halogenated alkanes) is 2. The normalized spacial score (nSPS) is 25.1. The second kappa shape index (κ2) is 8.25. The van der Waals surface area contributed by atoms with Crippen molar-refractivity contribution in [2.24, 2.45) is 5.92 Å². The number of amides is 1. The van der Waals surface area contributed by atoms with Crippen LogP contribution in [0.25, 0.3) is 0 Å². The van der Waals surface area contributed by atoms with Crippen molar-refractivity contribution in [1.82, 2.24) is 10.2 Å². The smallest absolute Gasteiger partial charge is 0.321 e. The lowest BCUT2D eigenvalue weighted by atomic mass is 9.89. The van der Waals surface area contributed by atoms with Gasteiger partial charge in [-0.1, -0.05) is 26.7 Å². The fourth-order valence-electron chi connectivity index (χ4n) is 2.92. The highest BCUT2D eigenvalue weighted by Gasteiger charge is 2.38. The average molecular weight is 284 g/mol. The number of carbonyl (C=O) groups is 2. The molecule has 0 aliphatic carbocycles. The van der Waals surface area contributed by atoms with Gasteiger partial charge in [0.1, 0.15) is 6.04 Å². The first-order valence-electron chi connectivity index (χ1n) is 7.75. The number of nitrogens with one attached hydrogen (secondary N) is 1. The van der Waals surface area contributed by atoms with Crippen molar-refractivity contribution < 1.29 is 14.7 Å². The molecule has 0 spiro atoms. The van der Waals surface area contributed by atoms with Gasteiger partial charge in [-0.3, -0.25) is 14.5 Å². The summed E-state index contributed by atoms with van der Waals surface area (Å²) in [4.78, 5) is 25.4. The number of aliphatic carboxylic acids is 1. The third-order valence-electron chi connectivity index (χ3n) is 4.18. The van der Waals surface area contributed by atoms with E-state index >= 15 is 0 Å². The molecule has 3 atom stereocenters. The Bertz CT molecular complexity index is 333. The van der Waals surface area contributed by atoms with E-state index in [1.165, 1.54) is 0 Å². The minimum absolute atomic E-state index is 0.0542. The Morgan fingerprint density at radius 1 is 1.40 bits per heavy atom. The van der Waals surface area contributed by atoms with E-state index in [0.717, 1.165) is 32.1 Å². The van der Waals surface area contributed by atoms with Gasteiger partial charge in [0.05, 0.1) is 6.04 Å². The van der Waals surface area contributed by atoms with Crippen LogP contribution in [0.5, 0.6) is 0 Å². The zero-order chi connectivity index (χ0) is 15.1. The molecule has 0 bridgehead atoms. The lowest BCUT2D eigenvalue weighted by Crippen LogP contribution is -2.57. The maximum Gasteiger partial charge on any atom is 0.321 e. The molecular formula is C15H28N2O3. The number of piperidine rings is 1.